The molecule has 0 spiro atoms. The first kappa shape index (κ1) is 23.4. The number of amides is 2. The highest BCUT2D eigenvalue weighted by Gasteiger charge is 2.37. The van der Waals surface area contributed by atoms with Crippen molar-refractivity contribution in [3.63, 3.8) is 0 Å². The van der Waals surface area contributed by atoms with Gasteiger partial charge in [0.15, 0.2) is 11.5 Å². The second-order valence-electron chi connectivity index (χ2n) is 6.71. The SMILES string of the molecule is COc1ccc(S(=O)(=O)N2CCO[C@H]2CNC(=O)C(=O)NCc2cccnc2)cc1OC. The molecule has 2 N–H and O–H groups in total. The van der Waals surface area contributed by atoms with Gasteiger partial charge in [0, 0.05) is 31.5 Å². The van der Waals surface area contributed by atoms with Crippen molar-refractivity contribution < 1.29 is 32.2 Å². The van der Waals surface area contributed by atoms with Gasteiger partial charge in [-0.05, 0) is 23.8 Å². The molecule has 0 bridgehead atoms. The molecular weight excluding hydrogens is 440 g/mol. The van der Waals surface area contributed by atoms with E-state index in [1.165, 1.54) is 32.4 Å². The fourth-order valence-electron chi connectivity index (χ4n) is 3.08. The van der Waals surface area contributed by atoms with Crippen LogP contribution in [0.25, 0.3) is 0 Å². The minimum absolute atomic E-state index is 0.00816. The van der Waals surface area contributed by atoms with E-state index in [0.29, 0.717) is 5.75 Å². The van der Waals surface area contributed by atoms with Crippen molar-refractivity contribution in [2.45, 2.75) is 17.7 Å². The van der Waals surface area contributed by atoms with Gasteiger partial charge in [-0.1, -0.05) is 6.07 Å². The third-order valence-electron chi connectivity index (χ3n) is 4.72. The molecule has 11 nitrogen and oxygen atoms in total. The summed E-state index contributed by atoms with van der Waals surface area (Å²) in [5.74, 6) is -1.08. The Morgan fingerprint density at radius 3 is 2.59 bits per heavy atom. The molecule has 1 aliphatic heterocycles. The van der Waals surface area contributed by atoms with Crippen molar-refractivity contribution in [1.82, 2.24) is 19.9 Å². The molecule has 0 radical (unpaired) electrons. The van der Waals surface area contributed by atoms with Gasteiger partial charge in [0.25, 0.3) is 0 Å². The van der Waals surface area contributed by atoms with Crippen molar-refractivity contribution in [1.29, 1.82) is 0 Å². The average molecular weight is 465 g/mol. The second-order valence-corrected chi connectivity index (χ2v) is 8.60. The standard InChI is InChI=1S/C20H24N4O7S/c1-29-16-6-5-15(10-17(16)30-2)32(27,28)24-8-9-31-18(24)13-23-20(26)19(25)22-12-14-4-3-7-21-11-14/h3-7,10-11,18H,8-9,12-13H2,1-2H3,(H,22,25)(H,23,26)/t18-/m0/s1. The summed E-state index contributed by atoms with van der Waals surface area (Å²) in [5.41, 5.74) is 0.736. The van der Waals surface area contributed by atoms with Gasteiger partial charge in [-0.2, -0.15) is 4.31 Å². The number of hydrogen-bond acceptors (Lipinski definition) is 8. The molecule has 0 saturated carbocycles. The van der Waals surface area contributed by atoms with Crippen LogP contribution in [0.2, 0.25) is 0 Å². The molecule has 1 aromatic heterocycles. The van der Waals surface area contributed by atoms with Crippen LogP contribution in [0.5, 0.6) is 11.5 Å². The summed E-state index contributed by atoms with van der Waals surface area (Å²) in [7, 11) is -1.09. The first-order valence-corrected chi connectivity index (χ1v) is 11.1. The molecule has 1 atom stereocenters. The van der Waals surface area contributed by atoms with Crippen LogP contribution >= 0.6 is 0 Å². The number of nitrogens with zero attached hydrogens (tertiary/aromatic N) is 2. The lowest BCUT2D eigenvalue weighted by Gasteiger charge is -2.23. The normalized spacial score (nSPS) is 16.4. The zero-order chi connectivity index (χ0) is 23.1. The topological polar surface area (TPSA) is 136 Å². The Morgan fingerprint density at radius 2 is 1.91 bits per heavy atom. The smallest absolute Gasteiger partial charge is 0.309 e. The molecule has 1 saturated heterocycles. The van der Waals surface area contributed by atoms with Gasteiger partial charge in [0.1, 0.15) is 6.23 Å². The predicted octanol–water partition coefficient (Wildman–Crippen LogP) is -0.122. The first-order chi connectivity index (χ1) is 15.4. The quantitative estimate of drug-likeness (QED) is 0.516. The van der Waals surface area contributed by atoms with E-state index in [0.717, 1.165) is 9.87 Å². The minimum Gasteiger partial charge on any atom is -0.493 e. The number of benzene rings is 1. The largest absolute Gasteiger partial charge is 0.493 e. The van der Waals surface area contributed by atoms with Crippen LogP contribution in [0.1, 0.15) is 5.56 Å². The van der Waals surface area contributed by atoms with Crippen molar-refractivity contribution in [2.24, 2.45) is 0 Å². The summed E-state index contributed by atoms with van der Waals surface area (Å²) in [6.45, 7) is 0.205. The van der Waals surface area contributed by atoms with Gasteiger partial charge < -0.3 is 24.8 Å². The lowest BCUT2D eigenvalue weighted by Crippen LogP contribution is -2.47. The molecule has 172 valence electrons. The van der Waals surface area contributed by atoms with E-state index in [1.54, 1.807) is 24.5 Å². The molecule has 0 aliphatic carbocycles. The van der Waals surface area contributed by atoms with Crippen LogP contribution in [-0.2, 0) is 30.9 Å². The van der Waals surface area contributed by atoms with E-state index in [1.807, 2.05) is 0 Å². The van der Waals surface area contributed by atoms with Crippen molar-refractivity contribution >= 4 is 21.8 Å². The van der Waals surface area contributed by atoms with Gasteiger partial charge in [0.2, 0.25) is 10.0 Å². The van der Waals surface area contributed by atoms with E-state index in [4.69, 9.17) is 14.2 Å². The van der Waals surface area contributed by atoms with Crippen molar-refractivity contribution in [3.8, 4) is 11.5 Å². The minimum atomic E-state index is -3.95. The maximum absolute atomic E-state index is 13.1. The Bertz CT molecular complexity index is 1060. The molecule has 2 heterocycles. The summed E-state index contributed by atoms with van der Waals surface area (Å²) in [6.07, 6.45) is 2.21. The highest BCUT2D eigenvalue weighted by Crippen LogP contribution is 2.31. The van der Waals surface area contributed by atoms with E-state index in [2.05, 4.69) is 15.6 Å². The van der Waals surface area contributed by atoms with Gasteiger partial charge in [-0.15, -0.1) is 0 Å². The van der Waals surface area contributed by atoms with E-state index in [-0.39, 0.29) is 36.9 Å². The average Bonchev–Trinajstić information content (AvgIpc) is 3.30. The lowest BCUT2D eigenvalue weighted by atomic mass is 10.3. The van der Waals surface area contributed by atoms with E-state index >= 15 is 0 Å². The molecule has 12 heteroatoms. The van der Waals surface area contributed by atoms with Crippen LogP contribution in [0.15, 0.2) is 47.6 Å². The number of carbonyl (C=O) groups excluding carboxylic acids is 2. The fraction of sp³-hybridized carbons (Fsp3) is 0.350. The third-order valence-corrected chi connectivity index (χ3v) is 6.61. The maximum atomic E-state index is 13.1. The monoisotopic (exact) mass is 464 g/mol. The molecule has 1 fully saturated rings. The number of sulfonamides is 1. The molecule has 1 aromatic carbocycles. The molecule has 1 aliphatic rings. The number of rotatable bonds is 8. The fourth-order valence-corrected chi connectivity index (χ4v) is 4.61. The Balaban J connectivity index is 1.61. The number of ether oxygens (including phenoxy) is 3. The summed E-state index contributed by atoms with van der Waals surface area (Å²) < 4.78 is 43.1. The Hall–Kier alpha value is -3.22. The highest BCUT2D eigenvalue weighted by atomic mass is 32.2. The first-order valence-electron chi connectivity index (χ1n) is 9.67. The van der Waals surface area contributed by atoms with E-state index in [9.17, 15) is 18.0 Å². The highest BCUT2D eigenvalue weighted by molar-refractivity contribution is 7.89. The lowest BCUT2D eigenvalue weighted by molar-refractivity contribution is -0.139. The van der Waals surface area contributed by atoms with Gasteiger partial charge >= 0.3 is 11.8 Å². The van der Waals surface area contributed by atoms with E-state index < -0.39 is 28.1 Å². The van der Waals surface area contributed by atoms with Crippen molar-refractivity contribution in [2.75, 3.05) is 33.9 Å². The number of hydrogen-bond donors (Lipinski definition) is 2. The Morgan fingerprint density at radius 1 is 1.16 bits per heavy atom. The second kappa shape index (κ2) is 10.4. The summed E-state index contributed by atoms with van der Waals surface area (Å²) >= 11 is 0. The molecule has 2 aromatic rings. The van der Waals surface area contributed by atoms with Crippen LogP contribution in [0.3, 0.4) is 0 Å². The summed E-state index contributed by atoms with van der Waals surface area (Å²) in [6, 6.07) is 7.72. The zero-order valence-electron chi connectivity index (χ0n) is 17.6. The van der Waals surface area contributed by atoms with Crippen LogP contribution in [0.4, 0.5) is 0 Å². The summed E-state index contributed by atoms with van der Waals surface area (Å²) in [5, 5.41) is 4.89. The molecule has 0 unspecified atom stereocenters. The third kappa shape index (κ3) is 5.33. The molecule has 32 heavy (non-hydrogen) atoms. The number of aromatic nitrogens is 1. The molecular formula is C20H24N4O7S. The summed E-state index contributed by atoms with van der Waals surface area (Å²) in [4.78, 5) is 28.0. The number of pyridine rings is 1. The number of methoxy groups -OCH3 is 2. The maximum Gasteiger partial charge on any atom is 0.309 e. The Kier molecular flexibility index (Phi) is 7.62. The number of carbonyl (C=O) groups is 2. The van der Waals surface area contributed by atoms with Crippen LogP contribution in [-0.4, -0.2) is 69.7 Å². The van der Waals surface area contributed by atoms with Gasteiger partial charge in [-0.25, -0.2) is 8.42 Å². The van der Waals surface area contributed by atoms with Gasteiger partial charge in [0.05, 0.1) is 32.3 Å². The Labute approximate surface area is 185 Å². The zero-order valence-corrected chi connectivity index (χ0v) is 18.4. The van der Waals surface area contributed by atoms with Crippen molar-refractivity contribution in [3.05, 3.63) is 48.3 Å². The van der Waals surface area contributed by atoms with Crippen LogP contribution in [0, 0.1) is 0 Å². The number of nitrogens with one attached hydrogen (secondary N) is 2. The predicted molar refractivity (Wildman–Crippen MR) is 112 cm³/mol. The molecule has 2 amide bonds. The molecule has 3 rings (SSSR count). The van der Waals surface area contributed by atoms with Gasteiger partial charge in [-0.3, -0.25) is 14.6 Å². The van der Waals surface area contributed by atoms with Crippen LogP contribution < -0.4 is 20.1 Å².